The molecule has 2 heterocycles. The minimum atomic E-state index is -0.452. The number of amides is 2. The number of nitrogens with zero attached hydrogens (tertiary/aromatic N) is 2. The Morgan fingerprint density at radius 1 is 1.32 bits per heavy atom. The monoisotopic (exact) mass is 298 g/mol. The molecule has 0 saturated carbocycles. The summed E-state index contributed by atoms with van der Waals surface area (Å²) in [6.45, 7) is 3.77. The highest BCUT2D eigenvalue weighted by atomic mass is 16.2. The molecule has 3 rings (SSSR count). The molecular weight excluding hydrogens is 280 g/mol. The first-order chi connectivity index (χ1) is 10.6. The number of aromatic nitrogens is 2. The van der Waals surface area contributed by atoms with Crippen LogP contribution in [0.2, 0.25) is 0 Å². The number of anilines is 1. The van der Waals surface area contributed by atoms with Crippen LogP contribution < -0.4 is 10.6 Å². The second-order valence-corrected chi connectivity index (χ2v) is 5.44. The van der Waals surface area contributed by atoms with E-state index in [4.69, 9.17) is 0 Å². The number of carbonyl (C=O) groups is 2. The van der Waals surface area contributed by atoms with E-state index in [1.54, 1.807) is 4.68 Å². The van der Waals surface area contributed by atoms with E-state index in [1.165, 1.54) is 0 Å². The van der Waals surface area contributed by atoms with Crippen LogP contribution in [0.25, 0.3) is 5.69 Å². The lowest BCUT2D eigenvalue weighted by atomic mass is 10.2. The van der Waals surface area contributed by atoms with Gasteiger partial charge in [0.05, 0.1) is 22.8 Å². The number of para-hydroxylation sites is 1. The van der Waals surface area contributed by atoms with Crippen LogP contribution in [0.3, 0.4) is 0 Å². The summed E-state index contributed by atoms with van der Waals surface area (Å²) in [6.07, 6.45) is 0.939. The van der Waals surface area contributed by atoms with E-state index in [9.17, 15) is 9.59 Å². The van der Waals surface area contributed by atoms with Crippen LogP contribution >= 0.6 is 0 Å². The Labute approximate surface area is 128 Å². The van der Waals surface area contributed by atoms with Gasteiger partial charge < -0.3 is 10.6 Å². The third-order valence-corrected chi connectivity index (χ3v) is 3.85. The van der Waals surface area contributed by atoms with Crippen molar-refractivity contribution in [3.05, 3.63) is 41.7 Å². The molecule has 6 heteroatoms. The minimum absolute atomic E-state index is 0.0754. The molecule has 1 aliphatic rings. The quantitative estimate of drug-likeness (QED) is 0.905. The summed E-state index contributed by atoms with van der Waals surface area (Å²) in [5, 5.41) is 10.1. The Balaban J connectivity index is 1.84. The number of nitrogens with one attached hydrogen (secondary N) is 2. The Bertz CT molecular complexity index is 721. The average molecular weight is 298 g/mol. The summed E-state index contributed by atoms with van der Waals surface area (Å²) in [5.74, 6) is -0.266. The molecule has 114 valence electrons. The molecule has 1 aliphatic heterocycles. The lowest BCUT2D eigenvalue weighted by Crippen LogP contribution is -2.37. The molecule has 1 aromatic heterocycles. The fraction of sp³-hybridized carbons (Fsp3) is 0.312. The molecule has 1 saturated heterocycles. The molecule has 2 aromatic rings. The lowest BCUT2D eigenvalue weighted by molar-refractivity contribution is -0.122. The van der Waals surface area contributed by atoms with Gasteiger partial charge in [-0.2, -0.15) is 5.10 Å². The summed E-state index contributed by atoms with van der Waals surface area (Å²) in [4.78, 5) is 23.5. The van der Waals surface area contributed by atoms with Gasteiger partial charge in [-0.25, -0.2) is 4.68 Å². The molecule has 1 atom stereocenters. The number of hydrogen-bond acceptors (Lipinski definition) is 3. The smallest absolute Gasteiger partial charge is 0.247 e. The maximum atomic E-state index is 12.2. The van der Waals surface area contributed by atoms with Gasteiger partial charge in [-0.3, -0.25) is 9.59 Å². The molecule has 2 amide bonds. The molecule has 22 heavy (non-hydrogen) atoms. The maximum Gasteiger partial charge on any atom is 0.247 e. The van der Waals surface area contributed by atoms with Crippen molar-refractivity contribution in [2.24, 2.45) is 0 Å². The zero-order chi connectivity index (χ0) is 15.7. The van der Waals surface area contributed by atoms with E-state index in [1.807, 2.05) is 44.2 Å². The first-order valence-corrected chi connectivity index (χ1v) is 7.28. The van der Waals surface area contributed by atoms with Gasteiger partial charge in [0.25, 0.3) is 0 Å². The van der Waals surface area contributed by atoms with E-state index >= 15 is 0 Å². The number of benzene rings is 1. The van der Waals surface area contributed by atoms with E-state index in [-0.39, 0.29) is 11.8 Å². The number of hydrogen-bond donors (Lipinski definition) is 2. The van der Waals surface area contributed by atoms with E-state index < -0.39 is 6.04 Å². The summed E-state index contributed by atoms with van der Waals surface area (Å²) in [6, 6.07) is 9.30. The first kappa shape index (κ1) is 14.3. The van der Waals surface area contributed by atoms with Crippen molar-refractivity contribution >= 4 is 17.5 Å². The molecule has 2 N–H and O–H groups in total. The van der Waals surface area contributed by atoms with Crippen LogP contribution in [-0.4, -0.2) is 27.6 Å². The van der Waals surface area contributed by atoms with Gasteiger partial charge in [-0.05, 0) is 32.4 Å². The Kier molecular flexibility index (Phi) is 3.66. The van der Waals surface area contributed by atoms with Crippen LogP contribution in [0.15, 0.2) is 30.3 Å². The highest BCUT2D eigenvalue weighted by Gasteiger charge is 2.28. The van der Waals surface area contributed by atoms with E-state index in [0.717, 1.165) is 17.1 Å². The largest absolute Gasteiger partial charge is 0.344 e. The van der Waals surface area contributed by atoms with Crippen molar-refractivity contribution < 1.29 is 9.59 Å². The van der Waals surface area contributed by atoms with Crippen molar-refractivity contribution in [1.29, 1.82) is 0 Å². The van der Waals surface area contributed by atoms with Gasteiger partial charge in [0.15, 0.2) is 0 Å². The predicted molar refractivity (Wildman–Crippen MR) is 82.8 cm³/mol. The Morgan fingerprint density at radius 2 is 2.05 bits per heavy atom. The molecular formula is C16H18N4O2. The van der Waals surface area contributed by atoms with Gasteiger partial charge in [0.1, 0.15) is 6.04 Å². The summed E-state index contributed by atoms with van der Waals surface area (Å²) in [7, 11) is 0. The van der Waals surface area contributed by atoms with Crippen molar-refractivity contribution in [3.63, 3.8) is 0 Å². The highest BCUT2D eigenvalue weighted by molar-refractivity contribution is 5.99. The minimum Gasteiger partial charge on any atom is -0.344 e. The number of rotatable bonds is 3. The molecule has 1 fully saturated rings. The third kappa shape index (κ3) is 2.59. The number of aryl methyl sites for hydroxylation is 1. The fourth-order valence-corrected chi connectivity index (χ4v) is 2.67. The van der Waals surface area contributed by atoms with Crippen molar-refractivity contribution in [2.75, 3.05) is 5.32 Å². The lowest BCUT2D eigenvalue weighted by Gasteiger charge is -2.11. The molecule has 0 spiro atoms. The topological polar surface area (TPSA) is 76.0 Å². The normalized spacial score (nSPS) is 17.4. The van der Waals surface area contributed by atoms with Crippen LogP contribution in [-0.2, 0) is 9.59 Å². The molecule has 0 radical (unpaired) electrons. The zero-order valence-corrected chi connectivity index (χ0v) is 12.6. The standard InChI is InChI=1S/C16H18N4O2/c1-10-15(18-16(22)13-8-9-14(21)17-13)11(2)20(19-10)12-6-4-3-5-7-12/h3-7,13H,8-9H2,1-2H3,(H,17,21)(H,18,22)/t13-/m1/s1. The van der Waals surface area contributed by atoms with Crippen molar-refractivity contribution in [1.82, 2.24) is 15.1 Å². The van der Waals surface area contributed by atoms with Crippen LogP contribution in [0, 0.1) is 13.8 Å². The van der Waals surface area contributed by atoms with Gasteiger partial charge in [-0.1, -0.05) is 18.2 Å². The zero-order valence-electron chi connectivity index (χ0n) is 12.6. The van der Waals surface area contributed by atoms with Crippen molar-refractivity contribution in [2.45, 2.75) is 32.7 Å². The second kappa shape index (κ2) is 5.63. The molecule has 6 nitrogen and oxygen atoms in total. The van der Waals surface area contributed by atoms with Gasteiger partial charge in [0.2, 0.25) is 11.8 Å². The fourth-order valence-electron chi connectivity index (χ4n) is 2.67. The summed E-state index contributed by atoms with van der Waals surface area (Å²) >= 11 is 0. The van der Waals surface area contributed by atoms with Gasteiger partial charge in [-0.15, -0.1) is 0 Å². The summed E-state index contributed by atoms with van der Waals surface area (Å²) < 4.78 is 1.80. The molecule has 0 unspecified atom stereocenters. The molecule has 0 aliphatic carbocycles. The van der Waals surface area contributed by atoms with E-state index in [2.05, 4.69) is 15.7 Å². The Hall–Kier alpha value is -2.63. The van der Waals surface area contributed by atoms with Crippen molar-refractivity contribution in [3.8, 4) is 5.69 Å². The van der Waals surface area contributed by atoms with E-state index in [0.29, 0.717) is 18.5 Å². The SMILES string of the molecule is Cc1nn(-c2ccccc2)c(C)c1NC(=O)[C@H]1CCC(=O)N1. The highest BCUT2D eigenvalue weighted by Crippen LogP contribution is 2.23. The second-order valence-electron chi connectivity index (χ2n) is 5.44. The van der Waals surface area contributed by atoms with Crippen LogP contribution in [0.1, 0.15) is 24.2 Å². The van der Waals surface area contributed by atoms with Crippen LogP contribution in [0.5, 0.6) is 0 Å². The van der Waals surface area contributed by atoms with Gasteiger partial charge >= 0.3 is 0 Å². The Morgan fingerprint density at radius 3 is 2.68 bits per heavy atom. The van der Waals surface area contributed by atoms with Gasteiger partial charge in [0, 0.05) is 6.42 Å². The third-order valence-electron chi connectivity index (χ3n) is 3.85. The molecule has 1 aromatic carbocycles. The molecule has 0 bridgehead atoms. The maximum absolute atomic E-state index is 12.2. The predicted octanol–water partition coefficient (Wildman–Crippen LogP) is 1.71. The average Bonchev–Trinajstić information content (AvgIpc) is 3.07. The summed E-state index contributed by atoms with van der Waals surface area (Å²) in [5.41, 5.74) is 3.26. The first-order valence-electron chi connectivity index (χ1n) is 7.28. The number of carbonyl (C=O) groups excluding carboxylic acids is 2. The van der Waals surface area contributed by atoms with Crippen LogP contribution in [0.4, 0.5) is 5.69 Å².